The Bertz CT molecular complexity index is 599. The van der Waals surface area contributed by atoms with Crippen molar-refractivity contribution in [3.8, 4) is 17.0 Å². The van der Waals surface area contributed by atoms with Gasteiger partial charge in [-0.05, 0) is 24.3 Å². The van der Waals surface area contributed by atoms with Gasteiger partial charge < -0.3 is 9.84 Å². The van der Waals surface area contributed by atoms with E-state index >= 15 is 0 Å². The molecule has 92 valence electrons. The Morgan fingerprint density at radius 1 is 1.39 bits per heavy atom. The number of nitrogens with zero attached hydrogens (tertiary/aromatic N) is 1. The van der Waals surface area contributed by atoms with Gasteiger partial charge >= 0.3 is 5.97 Å². The summed E-state index contributed by atoms with van der Waals surface area (Å²) in [4.78, 5) is 15.0. The third-order valence-electron chi connectivity index (χ3n) is 2.47. The first kappa shape index (κ1) is 12.0. The van der Waals surface area contributed by atoms with Crippen LogP contribution in [0.2, 0.25) is 0 Å². The smallest absolute Gasteiger partial charge is 0.337 e. The van der Waals surface area contributed by atoms with E-state index in [0.717, 1.165) is 0 Å². The zero-order valence-electron chi connectivity index (χ0n) is 9.55. The molecule has 1 aromatic carbocycles. The minimum atomic E-state index is -1.15. The predicted octanol–water partition coefficient (Wildman–Crippen LogP) is 2.59. The Morgan fingerprint density at radius 2 is 2.17 bits per heavy atom. The van der Waals surface area contributed by atoms with E-state index in [1.54, 1.807) is 6.07 Å². The molecule has 0 aliphatic heterocycles. The lowest BCUT2D eigenvalue weighted by Gasteiger charge is -2.07. The highest BCUT2D eigenvalue weighted by atomic mass is 19.1. The molecule has 0 saturated heterocycles. The second kappa shape index (κ2) is 4.83. The highest BCUT2D eigenvalue weighted by molar-refractivity contribution is 5.94. The molecule has 4 nitrogen and oxygen atoms in total. The molecule has 0 amide bonds. The van der Waals surface area contributed by atoms with Crippen LogP contribution >= 0.6 is 0 Å². The van der Waals surface area contributed by atoms with Crippen LogP contribution in [0.3, 0.4) is 0 Å². The molecule has 0 aliphatic carbocycles. The van der Waals surface area contributed by atoms with Crippen LogP contribution in [0.5, 0.6) is 5.75 Å². The van der Waals surface area contributed by atoms with Crippen LogP contribution in [0.15, 0.2) is 36.5 Å². The molecule has 1 heterocycles. The lowest BCUT2D eigenvalue weighted by atomic mass is 10.1. The van der Waals surface area contributed by atoms with Gasteiger partial charge in [0.05, 0.1) is 18.4 Å². The van der Waals surface area contributed by atoms with Crippen molar-refractivity contribution in [2.24, 2.45) is 0 Å². The summed E-state index contributed by atoms with van der Waals surface area (Å²) in [6, 6.07) is 7.07. The van der Waals surface area contributed by atoms with E-state index in [0.29, 0.717) is 5.75 Å². The van der Waals surface area contributed by atoms with Gasteiger partial charge in [0.15, 0.2) is 0 Å². The van der Waals surface area contributed by atoms with Crippen LogP contribution in [-0.2, 0) is 0 Å². The van der Waals surface area contributed by atoms with Gasteiger partial charge in [0.25, 0.3) is 0 Å². The summed E-state index contributed by atoms with van der Waals surface area (Å²) in [6.07, 6.45) is 1.42. The van der Waals surface area contributed by atoms with Crippen molar-refractivity contribution in [2.75, 3.05) is 7.11 Å². The van der Waals surface area contributed by atoms with Crippen LogP contribution < -0.4 is 4.74 Å². The molecule has 1 aromatic heterocycles. The number of methoxy groups -OCH3 is 1. The average Bonchev–Trinajstić information content (AvgIpc) is 2.38. The Labute approximate surface area is 103 Å². The lowest BCUT2D eigenvalue weighted by molar-refractivity contribution is 0.0697. The fourth-order valence-corrected chi connectivity index (χ4v) is 1.61. The van der Waals surface area contributed by atoms with Crippen molar-refractivity contribution in [3.05, 3.63) is 47.9 Å². The predicted molar refractivity (Wildman–Crippen MR) is 63.1 cm³/mol. The van der Waals surface area contributed by atoms with E-state index in [4.69, 9.17) is 9.84 Å². The van der Waals surface area contributed by atoms with Gasteiger partial charge in [0.1, 0.15) is 11.6 Å². The normalized spacial score (nSPS) is 10.1. The van der Waals surface area contributed by atoms with Crippen molar-refractivity contribution < 1.29 is 19.0 Å². The number of halogens is 1. The third-order valence-corrected chi connectivity index (χ3v) is 2.47. The Kier molecular flexibility index (Phi) is 3.23. The molecule has 0 atom stereocenters. The molecule has 18 heavy (non-hydrogen) atoms. The van der Waals surface area contributed by atoms with Gasteiger partial charge in [-0.15, -0.1) is 0 Å². The van der Waals surface area contributed by atoms with Crippen LogP contribution in [0, 0.1) is 5.82 Å². The number of pyridine rings is 1. The first-order valence-electron chi connectivity index (χ1n) is 5.15. The van der Waals surface area contributed by atoms with E-state index in [1.165, 1.54) is 37.6 Å². The van der Waals surface area contributed by atoms with Gasteiger partial charge in [-0.3, -0.25) is 4.98 Å². The fraction of sp³-hybridized carbons (Fsp3) is 0.0769. The minimum Gasteiger partial charge on any atom is -0.497 e. The SMILES string of the molecule is COc1ccc(-c2ncccc2C(=O)O)c(F)c1. The summed E-state index contributed by atoms with van der Waals surface area (Å²) in [5.41, 5.74) is 0.195. The number of carboxylic acid groups (broad SMARTS) is 1. The number of ether oxygens (including phenoxy) is 1. The monoisotopic (exact) mass is 247 g/mol. The van der Waals surface area contributed by atoms with Crippen molar-refractivity contribution in [1.82, 2.24) is 4.98 Å². The van der Waals surface area contributed by atoms with Crippen LogP contribution in [0.1, 0.15) is 10.4 Å². The zero-order chi connectivity index (χ0) is 13.1. The molecule has 0 radical (unpaired) electrons. The third kappa shape index (κ3) is 2.15. The quantitative estimate of drug-likeness (QED) is 0.905. The van der Waals surface area contributed by atoms with Gasteiger partial charge in [0.2, 0.25) is 0 Å². The Hall–Kier alpha value is -2.43. The molecule has 0 spiro atoms. The standard InChI is InChI=1S/C13H10FNO3/c1-18-8-4-5-9(11(14)7-8)12-10(13(16)17)3-2-6-15-12/h2-7H,1H3,(H,16,17). The largest absolute Gasteiger partial charge is 0.497 e. The number of hydrogen-bond donors (Lipinski definition) is 1. The highest BCUT2D eigenvalue weighted by Crippen LogP contribution is 2.27. The molecule has 1 N–H and O–H groups in total. The number of aromatic carboxylic acids is 1. The van der Waals surface area contributed by atoms with Crippen molar-refractivity contribution in [2.45, 2.75) is 0 Å². The fourth-order valence-electron chi connectivity index (χ4n) is 1.61. The number of benzene rings is 1. The molecule has 0 bridgehead atoms. The zero-order valence-corrected chi connectivity index (χ0v) is 9.55. The molecular formula is C13H10FNO3. The van der Waals surface area contributed by atoms with E-state index in [2.05, 4.69) is 4.98 Å². The van der Waals surface area contributed by atoms with Crippen LogP contribution in [-0.4, -0.2) is 23.2 Å². The molecular weight excluding hydrogens is 237 g/mol. The molecule has 0 aliphatic rings. The number of carboxylic acids is 1. The summed E-state index contributed by atoms with van der Waals surface area (Å²) < 4.78 is 18.7. The average molecular weight is 247 g/mol. The van der Waals surface area contributed by atoms with Crippen LogP contribution in [0.25, 0.3) is 11.3 Å². The number of carbonyl (C=O) groups is 1. The van der Waals surface area contributed by atoms with E-state index in [9.17, 15) is 9.18 Å². The van der Waals surface area contributed by atoms with Gasteiger partial charge in [-0.25, -0.2) is 9.18 Å². The summed E-state index contributed by atoms with van der Waals surface area (Å²) in [5.74, 6) is -1.35. The van der Waals surface area contributed by atoms with E-state index < -0.39 is 11.8 Å². The second-order valence-corrected chi connectivity index (χ2v) is 3.55. The Morgan fingerprint density at radius 3 is 2.78 bits per heavy atom. The summed E-state index contributed by atoms with van der Waals surface area (Å²) >= 11 is 0. The van der Waals surface area contributed by atoms with Crippen molar-refractivity contribution >= 4 is 5.97 Å². The van der Waals surface area contributed by atoms with E-state index in [1.807, 2.05) is 0 Å². The maximum Gasteiger partial charge on any atom is 0.337 e. The molecule has 2 rings (SSSR count). The lowest BCUT2D eigenvalue weighted by Crippen LogP contribution is -2.02. The molecule has 0 saturated carbocycles. The maximum atomic E-state index is 13.9. The highest BCUT2D eigenvalue weighted by Gasteiger charge is 2.16. The maximum absolute atomic E-state index is 13.9. The van der Waals surface area contributed by atoms with Gasteiger partial charge in [-0.2, -0.15) is 0 Å². The Balaban J connectivity index is 2.59. The van der Waals surface area contributed by atoms with Gasteiger partial charge in [-0.1, -0.05) is 0 Å². The van der Waals surface area contributed by atoms with Crippen molar-refractivity contribution in [1.29, 1.82) is 0 Å². The molecule has 0 unspecified atom stereocenters. The first-order valence-corrected chi connectivity index (χ1v) is 5.15. The number of rotatable bonds is 3. The molecule has 5 heteroatoms. The molecule has 2 aromatic rings. The van der Waals surface area contributed by atoms with Crippen molar-refractivity contribution in [3.63, 3.8) is 0 Å². The summed E-state index contributed by atoms with van der Waals surface area (Å²) in [6.45, 7) is 0. The topological polar surface area (TPSA) is 59.4 Å². The summed E-state index contributed by atoms with van der Waals surface area (Å²) in [7, 11) is 1.43. The summed E-state index contributed by atoms with van der Waals surface area (Å²) in [5, 5.41) is 9.03. The van der Waals surface area contributed by atoms with Gasteiger partial charge in [0, 0.05) is 17.8 Å². The van der Waals surface area contributed by atoms with E-state index in [-0.39, 0.29) is 16.8 Å². The first-order chi connectivity index (χ1) is 8.63. The minimum absolute atomic E-state index is 0.0402. The number of aromatic nitrogens is 1. The molecule has 0 fully saturated rings. The van der Waals surface area contributed by atoms with Crippen LogP contribution in [0.4, 0.5) is 4.39 Å². The second-order valence-electron chi connectivity index (χ2n) is 3.55. The number of hydrogen-bond acceptors (Lipinski definition) is 3.